The van der Waals surface area contributed by atoms with E-state index in [9.17, 15) is 18.0 Å². The molecule has 0 N–H and O–H groups in total. The Bertz CT molecular complexity index is 1470. The van der Waals surface area contributed by atoms with Gasteiger partial charge in [0.2, 0.25) is 9.84 Å². The number of fused-ring (bicyclic) bond motifs is 1. The summed E-state index contributed by atoms with van der Waals surface area (Å²) in [7, 11) is -2.49. The second-order valence-electron chi connectivity index (χ2n) is 10.0. The molecule has 0 fully saturated rings. The number of ketones is 1. The third-order valence-corrected chi connectivity index (χ3v) is 8.49. The van der Waals surface area contributed by atoms with Gasteiger partial charge in [0.1, 0.15) is 12.3 Å². The van der Waals surface area contributed by atoms with E-state index in [4.69, 9.17) is 9.47 Å². The molecule has 2 aromatic heterocycles. The molecule has 4 rings (SSSR count). The van der Waals surface area contributed by atoms with E-state index in [2.05, 4.69) is 4.98 Å². The van der Waals surface area contributed by atoms with Gasteiger partial charge < -0.3 is 14.0 Å². The van der Waals surface area contributed by atoms with E-state index < -0.39 is 9.84 Å². The summed E-state index contributed by atoms with van der Waals surface area (Å²) >= 11 is 0. The van der Waals surface area contributed by atoms with Crippen LogP contribution in [0.3, 0.4) is 0 Å². The maximum Gasteiger partial charge on any atom is 0.325 e. The number of Topliss-reactive ketones (excluding diaryl/α,β-unsaturated/α-hetero) is 1. The third-order valence-electron chi connectivity index (χ3n) is 6.74. The fourth-order valence-corrected chi connectivity index (χ4v) is 6.48. The molecule has 0 atom stereocenters. The van der Waals surface area contributed by atoms with E-state index in [0.29, 0.717) is 29.7 Å². The van der Waals surface area contributed by atoms with E-state index in [1.54, 1.807) is 31.2 Å². The summed E-state index contributed by atoms with van der Waals surface area (Å²) < 4.78 is 39.5. The SMILES string of the molecule is CCOC(=O)Cn1c(C)c(Cc2cccnc2S(=O)(=O)c2cccc(OC)c2)c2c1CC(C)(C)CC2=O. The van der Waals surface area contributed by atoms with Crippen molar-refractivity contribution >= 4 is 21.6 Å². The molecule has 0 bridgehead atoms. The van der Waals surface area contributed by atoms with E-state index in [1.807, 2.05) is 25.3 Å². The van der Waals surface area contributed by atoms with Crippen LogP contribution < -0.4 is 4.74 Å². The quantitative estimate of drug-likeness (QED) is 0.404. The van der Waals surface area contributed by atoms with E-state index in [1.165, 1.54) is 25.4 Å². The molecule has 196 valence electrons. The number of nitrogens with zero attached hydrogens (tertiary/aromatic N) is 2. The van der Waals surface area contributed by atoms with Crippen LogP contribution in [0.25, 0.3) is 0 Å². The van der Waals surface area contributed by atoms with Crippen molar-refractivity contribution in [3.8, 4) is 5.75 Å². The van der Waals surface area contributed by atoms with Crippen LogP contribution in [-0.2, 0) is 38.8 Å². The first-order valence-electron chi connectivity index (χ1n) is 12.2. The van der Waals surface area contributed by atoms with Crippen molar-refractivity contribution in [1.82, 2.24) is 9.55 Å². The van der Waals surface area contributed by atoms with Crippen molar-refractivity contribution in [1.29, 1.82) is 0 Å². The lowest BCUT2D eigenvalue weighted by Gasteiger charge is -2.30. The van der Waals surface area contributed by atoms with Crippen LogP contribution in [0.4, 0.5) is 0 Å². The van der Waals surface area contributed by atoms with Crippen LogP contribution in [0.2, 0.25) is 0 Å². The zero-order valence-electron chi connectivity index (χ0n) is 21.8. The van der Waals surface area contributed by atoms with Crippen molar-refractivity contribution in [2.75, 3.05) is 13.7 Å². The van der Waals surface area contributed by atoms with Gasteiger partial charge >= 0.3 is 5.97 Å². The summed E-state index contributed by atoms with van der Waals surface area (Å²) in [5.41, 5.74) is 3.06. The molecule has 8 nitrogen and oxygen atoms in total. The van der Waals surface area contributed by atoms with Gasteiger partial charge in [0.05, 0.1) is 18.6 Å². The molecule has 1 aliphatic rings. The molecule has 0 unspecified atom stereocenters. The first-order valence-corrected chi connectivity index (χ1v) is 13.7. The van der Waals surface area contributed by atoms with Crippen LogP contribution in [0, 0.1) is 12.3 Å². The molecule has 2 heterocycles. The number of carbonyl (C=O) groups excluding carboxylic acids is 2. The van der Waals surface area contributed by atoms with Crippen molar-refractivity contribution in [3.63, 3.8) is 0 Å². The number of pyridine rings is 1. The summed E-state index contributed by atoms with van der Waals surface area (Å²) in [6, 6.07) is 9.65. The maximum atomic E-state index is 13.6. The highest BCUT2D eigenvalue weighted by Gasteiger charge is 2.37. The van der Waals surface area contributed by atoms with Crippen molar-refractivity contribution in [2.24, 2.45) is 5.41 Å². The minimum Gasteiger partial charge on any atom is -0.497 e. The molecule has 0 spiro atoms. The number of benzene rings is 1. The van der Waals surface area contributed by atoms with Crippen LogP contribution in [0.15, 0.2) is 52.5 Å². The lowest BCUT2D eigenvalue weighted by Crippen LogP contribution is -2.29. The molecule has 0 aliphatic heterocycles. The number of ether oxygens (including phenoxy) is 2. The summed E-state index contributed by atoms with van der Waals surface area (Å²) in [6.07, 6.45) is 2.62. The summed E-state index contributed by atoms with van der Waals surface area (Å²) in [6.45, 7) is 7.93. The largest absolute Gasteiger partial charge is 0.497 e. The zero-order valence-corrected chi connectivity index (χ0v) is 22.6. The maximum absolute atomic E-state index is 13.6. The molecule has 1 aliphatic carbocycles. The van der Waals surface area contributed by atoms with Gasteiger partial charge in [0.25, 0.3) is 0 Å². The van der Waals surface area contributed by atoms with Gasteiger partial charge in [-0.2, -0.15) is 0 Å². The fourth-order valence-electron chi connectivity index (χ4n) is 5.04. The zero-order chi connectivity index (χ0) is 27.0. The normalized spacial score (nSPS) is 14.8. The van der Waals surface area contributed by atoms with Gasteiger partial charge in [0, 0.05) is 36.0 Å². The molecule has 0 saturated heterocycles. The van der Waals surface area contributed by atoms with Crippen molar-refractivity contribution in [3.05, 3.63) is 70.7 Å². The predicted octanol–water partition coefficient (Wildman–Crippen LogP) is 4.34. The first kappa shape index (κ1) is 26.6. The number of rotatable bonds is 8. The molecule has 0 amide bonds. The van der Waals surface area contributed by atoms with Crippen LogP contribution in [-0.4, -0.2) is 43.4 Å². The average molecular weight is 525 g/mol. The molecule has 1 aromatic carbocycles. The Morgan fingerprint density at radius 2 is 1.92 bits per heavy atom. The Morgan fingerprint density at radius 3 is 2.62 bits per heavy atom. The van der Waals surface area contributed by atoms with Crippen molar-refractivity contribution < 1.29 is 27.5 Å². The second kappa shape index (κ2) is 10.1. The molecule has 37 heavy (non-hydrogen) atoms. The summed E-state index contributed by atoms with van der Waals surface area (Å²) in [5.74, 6) is 0.0363. The number of aromatic nitrogens is 2. The number of esters is 1. The summed E-state index contributed by atoms with van der Waals surface area (Å²) in [4.78, 5) is 30.1. The Kier molecular flexibility index (Phi) is 7.28. The number of methoxy groups -OCH3 is 1. The summed E-state index contributed by atoms with van der Waals surface area (Å²) in [5, 5.41) is -0.0712. The minimum absolute atomic E-state index is 0.00643. The second-order valence-corrected chi connectivity index (χ2v) is 11.9. The number of hydrogen-bond donors (Lipinski definition) is 0. The highest BCUT2D eigenvalue weighted by Crippen LogP contribution is 2.40. The Labute approximate surface area is 217 Å². The fraction of sp³-hybridized carbons (Fsp3) is 0.393. The van der Waals surface area contributed by atoms with Crippen LogP contribution >= 0.6 is 0 Å². The molecule has 0 radical (unpaired) electrons. The Balaban J connectivity index is 1.83. The molecular formula is C28H32N2O6S. The lowest BCUT2D eigenvalue weighted by molar-refractivity contribution is -0.143. The third kappa shape index (κ3) is 5.18. The highest BCUT2D eigenvalue weighted by molar-refractivity contribution is 7.91. The number of hydrogen-bond acceptors (Lipinski definition) is 7. The number of carbonyl (C=O) groups is 2. The number of sulfone groups is 1. The topological polar surface area (TPSA) is 105 Å². The standard InChI is InChI=1S/C28H32N2O6S/c1-6-36-25(32)17-30-18(2)22(26-23(30)15-28(3,4)16-24(26)31)13-19-9-8-12-29-27(19)37(33,34)21-11-7-10-20(14-21)35-5/h7-12,14H,6,13,15-17H2,1-5H3. The van der Waals surface area contributed by atoms with Gasteiger partial charge in [-0.25, -0.2) is 13.4 Å². The van der Waals surface area contributed by atoms with Gasteiger partial charge in [-0.15, -0.1) is 0 Å². The molecule has 0 saturated carbocycles. The van der Waals surface area contributed by atoms with Gasteiger partial charge in [-0.3, -0.25) is 9.59 Å². The smallest absolute Gasteiger partial charge is 0.325 e. The van der Waals surface area contributed by atoms with Crippen LogP contribution in [0.1, 0.15) is 60.1 Å². The minimum atomic E-state index is -3.97. The van der Waals surface area contributed by atoms with Crippen LogP contribution in [0.5, 0.6) is 5.75 Å². The highest BCUT2D eigenvalue weighted by atomic mass is 32.2. The van der Waals surface area contributed by atoms with E-state index in [-0.39, 0.29) is 46.7 Å². The molecule has 3 aromatic rings. The lowest BCUT2D eigenvalue weighted by atomic mass is 9.75. The predicted molar refractivity (Wildman–Crippen MR) is 138 cm³/mol. The van der Waals surface area contributed by atoms with Gasteiger partial charge in [-0.1, -0.05) is 26.0 Å². The van der Waals surface area contributed by atoms with E-state index >= 15 is 0 Å². The molecular weight excluding hydrogens is 492 g/mol. The monoisotopic (exact) mass is 524 g/mol. The Hall–Kier alpha value is -3.46. The average Bonchev–Trinajstić information content (AvgIpc) is 3.09. The molecule has 9 heteroatoms. The van der Waals surface area contributed by atoms with Gasteiger partial charge in [-0.05, 0) is 61.1 Å². The van der Waals surface area contributed by atoms with Crippen molar-refractivity contribution in [2.45, 2.75) is 63.4 Å². The van der Waals surface area contributed by atoms with Gasteiger partial charge in [0.15, 0.2) is 10.8 Å². The Morgan fingerprint density at radius 1 is 1.16 bits per heavy atom. The first-order chi connectivity index (χ1) is 17.5. The van der Waals surface area contributed by atoms with E-state index in [0.717, 1.165) is 17.0 Å².